The average molecular weight is 304 g/mol. The van der Waals surface area contributed by atoms with Crippen molar-refractivity contribution >= 4 is 29.2 Å². The number of aryl methyl sites for hydroxylation is 1. The largest absolute Gasteiger partial charge is 0.364 e. The summed E-state index contributed by atoms with van der Waals surface area (Å²) in [7, 11) is 0. The Morgan fingerprint density at radius 1 is 1.33 bits per heavy atom. The van der Waals surface area contributed by atoms with Crippen molar-refractivity contribution in [3.63, 3.8) is 0 Å². The van der Waals surface area contributed by atoms with E-state index in [0.29, 0.717) is 11.5 Å². The number of nitrogens with one attached hydrogen (secondary N) is 1. The minimum Gasteiger partial charge on any atom is -0.364 e. The molecule has 0 atom stereocenters. The van der Waals surface area contributed by atoms with Crippen molar-refractivity contribution in [1.29, 1.82) is 0 Å². The van der Waals surface area contributed by atoms with Crippen molar-refractivity contribution in [3.8, 4) is 0 Å². The van der Waals surface area contributed by atoms with Gasteiger partial charge in [0.1, 0.15) is 0 Å². The summed E-state index contributed by atoms with van der Waals surface area (Å²) in [6.45, 7) is 5.81. The number of nitrogens with two attached hydrogens (primary N) is 1. The minimum atomic E-state index is -0.601. The van der Waals surface area contributed by atoms with E-state index in [0.717, 1.165) is 10.6 Å². The molecule has 0 aliphatic carbocycles. The number of carbonyl (C=O) groups is 1. The van der Waals surface area contributed by atoms with E-state index in [4.69, 9.17) is 5.73 Å². The van der Waals surface area contributed by atoms with E-state index in [-0.39, 0.29) is 5.69 Å². The van der Waals surface area contributed by atoms with E-state index in [9.17, 15) is 4.79 Å². The van der Waals surface area contributed by atoms with Gasteiger partial charge in [-0.1, -0.05) is 19.9 Å². The molecule has 0 fully saturated rings. The summed E-state index contributed by atoms with van der Waals surface area (Å²) < 4.78 is 0. The van der Waals surface area contributed by atoms with Crippen molar-refractivity contribution in [2.45, 2.75) is 25.7 Å². The minimum absolute atomic E-state index is 0.139. The summed E-state index contributed by atoms with van der Waals surface area (Å²) in [5, 5.41) is 3.08. The zero-order valence-corrected chi connectivity index (χ0v) is 13.5. The standard InChI is InChI=1S/C13H14N4OS.C2H6/c1-8-7-15-11(12(14)18)13(16-8)17-9-4-3-5-10(6-9)19-2;1-2/h3-7H,1-2H3,(H2,14,18)(H,16,17);1-2H3. The lowest BCUT2D eigenvalue weighted by Gasteiger charge is -2.09. The van der Waals surface area contributed by atoms with Crippen LogP contribution in [0.1, 0.15) is 30.0 Å². The molecule has 1 aromatic carbocycles. The zero-order valence-electron chi connectivity index (χ0n) is 12.7. The van der Waals surface area contributed by atoms with Crippen LogP contribution in [0.2, 0.25) is 0 Å². The van der Waals surface area contributed by atoms with Crippen LogP contribution < -0.4 is 11.1 Å². The fourth-order valence-electron chi connectivity index (χ4n) is 1.58. The lowest BCUT2D eigenvalue weighted by atomic mass is 10.3. The predicted octanol–water partition coefficient (Wildman–Crippen LogP) is 3.38. The second-order valence-electron chi connectivity index (χ2n) is 3.93. The number of aromatic nitrogens is 2. The van der Waals surface area contributed by atoms with Gasteiger partial charge >= 0.3 is 0 Å². The monoisotopic (exact) mass is 304 g/mol. The highest BCUT2D eigenvalue weighted by Crippen LogP contribution is 2.22. The van der Waals surface area contributed by atoms with E-state index in [1.165, 1.54) is 6.20 Å². The topological polar surface area (TPSA) is 80.9 Å². The number of anilines is 2. The Labute approximate surface area is 129 Å². The van der Waals surface area contributed by atoms with Gasteiger partial charge in [-0.25, -0.2) is 9.97 Å². The van der Waals surface area contributed by atoms with Crippen LogP contribution >= 0.6 is 11.8 Å². The Kier molecular flexibility index (Phi) is 6.68. The Bertz CT molecular complexity index is 616. The molecule has 1 heterocycles. The first-order chi connectivity index (χ1) is 10.1. The molecular formula is C15H20N4OS. The fourth-order valence-corrected chi connectivity index (χ4v) is 2.04. The molecule has 0 radical (unpaired) electrons. The Balaban J connectivity index is 0.00000106. The molecule has 2 aromatic rings. The van der Waals surface area contributed by atoms with Gasteiger partial charge in [0.2, 0.25) is 0 Å². The number of nitrogens with zero attached hydrogens (tertiary/aromatic N) is 2. The summed E-state index contributed by atoms with van der Waals surface area (Å²) in [6, 6.07) is 7.81. The van der Waals surface area contributed by atoms with Crippen molar-refractivity contribution in [1.82, 2.24) is 9.97 Å². The summed E-state index contributed by atoms with van der Waals surface area (Å²) in [6.07, 6.45) is 3.52. The van der Waals surface area contributed by atoms with Gasteiger partial charge in [-0.3, -0.25) is 4.79 Å². The molecular weight excluding hydrogens is 284 g/mol. The quantitative estimate of drug-likeness (QED) is 0.846. The number of primary amides is 1. The van der Waals surface area contributed by atoms with Gasteiger partial charge in [0.25, 0.3) is 5.91 Å². The van der Waals surface area contributed by atoms with Crippen molar-refractivity contribution in [2.24, 2.45) is 5.73 Å². The van der Waals surface area contributed by atoms with Gasteiger partial charge < -0.3 is 11.1 Å². The number of amides is 1. The maximum Gasteiger partial charge on any atom is 0.271 e. The van der Waals surface area contributed by atoms with Gasteiger partial charge in [0.15, 0.2) is 11.5 Å². The third-order valence-corrected chi connectivity index (χ3v) is 3.18. The number of thioether (sulfide) groups is 1. The smallest absolute Gasteiger partial charge is 0.271 e. The van der Waals surface area contributed by atoms with Gasteiger partial charge in [-0.2, -0.15) is 0 Å². The third-order valence-electron chi connectivity index (χ3n) is 2.46. The van der Waals surface area contributed by atoms with Crippen LogP contribution in [0.4, 0.5) is 11.5 Å². The first-order valence-electron chi connectivity index (χ1n) is 6.64. The van der Waals surface area contributed by atoms with Crippen molar-refractivity contribution in [3.05, 3.63) is 41.9 Å². The van der Waals surface area contributed by atoms with E-state index in [1.54, 1.807) is 18.7 Å². The molecule has 112 valence electrons. The summed E-state index contributed by atoms with van der Waals surface area (Å²) in [5.41, 5.74) is 6.99. The second-order valence-corrected chi connectivity index (χ2v) is 4.81. The summed E-state index contributed by atoms with van der Waals surface area (Å²) in [4.78, 5) is 20.7. The van der Waals surface area contributed by atoms with Gasteiger partial charge in [0.05, 0.1) is 5.69 Å². The predicted molar refractivity (Wildman–Crippen MR) is 88.1 cm³/mol. The maximum absolute atomic E-state index is 11.3. The third kappa shape index (κ3) is 4.75. The van der Waals surface area contributed by atoms with Gasteiger partial charge in [0, 0.05) is 16.8 Å². The van der Waals surface area contributed by atoms with E-state index < -0.39 is 5.91 Å². The molecule has 3 N–H and O–H groups in total. The zero-order chi connectivity index (χ0) is 15.8. The molecule has 0 bridgehead atoms. The summed E-state index contributed by atoms with van der Waals surface area (Å²) >= 11 is 1.64. The van der Waals surface area contributed by atoms with Gasteiger partial charge in [-0.15, -0.1) is 11.8 Å². The molecule has 0 spiro atoms. The van der Waals surface area contributed by atoms with Crippen LogP contribution in [0.3, 0.4) is 0 Å². The Hall–Kier alpha value is -2.08. The number of hydrogen-bond acceptors (Lipinski definition) is 5. The van der Waals surface area contributed by atoms with Crippen LogP contribution in [0.25, 0.3) is 0 Å². The van der Waals surface area contributed by atoms with Crippen LogP contribution in [0.15, 0.2) is 35.4 Å². The highest BCUT2D eigenvalue weighted by molar-refractivity contribution is 7.98. The molecule has 1 amide bonds. The molecule has 0 aliphatic rings. The Morgan fingerprint density at radius 3 is 2.67 bits per heavy atom. The van der Waals surface area contributed by atoms with E-state index >= 15 is 0 Å². The van der Waals surface area contributed by atoms with E-state index in [2.05, 4.69) is 15.3 Å². The van der Waals surface area contributed by atoms with Crippen LogP contribution in [0.5, 0.6) is 0 Å². The van der Waals surface area contributed by atoms with Crippen LogP contribution in [-0.2, 0) is 0 Å². The molecule has 0 saturated carbocycles. The van der Waals surface area contributed by atoms with Crippen molar-refractivity contribution in [2.75, 3.05) is 11.6 Å². The normalized spacial score (nSPS) is 9.52. The highest BCUT2D eigenvalue weighted by Gasteiger charge is 2.12. The number of benzene rings is 1. The lowest BCUT2D eigenvalue weighted by Crippen LogP contribution is -2.16. The molecule has 2 rings (SSSR count). The second kappa shape index (κ2) is 8.26. The fraction of sp³-hybridized carbons (Fsp3) is 0.267. The van der Waals surface area contributed by atoms with Crippen LogP contribution in [-0.4, -0.2) is 22.1 Å². The molecule has 0 unspecified atom stereocenters. The average Bonchev–Trinajstić information content (AvgIpc) is 2.49. The lowest BCUT2D eigenvalue weighted by molar-refractivity contribution is 0.0996. The number of rotatable bonds is 4. The molecule has 5 nitrogen and oxygen atoms in total. The molecule has 6 heteroatoms. The SMILES string of the molecule is CC.CSc1cccc(Nc2nc(C)cnc2C(N)=O)c1. The molecule has 21 heavy (non-hydrogen) atoms. The van der Waals surface area contributed by atoms with Gasteiger partial charge in [-0.05, 0) is 31.4 Å². The molecule has 0 aliphatic heterocycles. The van der Waals surface area contributed by atoms with Crippen LogP contribution in [0, 0.1) is 6.92 Å². The molecule has 0 saturated heterocycles. The van der Waals surface area contributed by atoms with Crippen molar-refractivity contribution < 1.29 is 4.79 Å². The first-order valence-corrected chi connectivity index (χ1v) is 7.87. The number of carbonyl (C=O) groups excluding carboxylic acids is 1. The van der Waals surface area contributed by atoms with E-state index in [1.807, 2.05) is 44.4 Å². The first kappa shape index (κ1) is 17.0. The summed E-state index contributed by atoms with van der Waals surface area (Å²) in [5.74, 6) is -0.221. The highest BCUT2D eigenvalue weighted by atomic mass is 32.2. The Morgan fingerprint density at radius 2 is 2.05 bits per heavy atom. The number of hydrogen-bond donors (Lipinski definition) is 2. The maximum atomic E-state index is 11.3. The molecule has 1 aromatic heterocycles.